The lowest BCUT2D eigenvalue weighted by molar-refractivity contribution is 0.436. The number of hydrogen-bond acceptors (Lipinski definition) is 4. The van der Waals surface area contributed by atoms with Gasteiger partial charge in [0.1, 0.15) is 11.5 Å². The van der Waals surface area contributed by atoms with Gasteiger partial charge in [0.05, 0.1) is 28.5 Å². The van der Waals surface area contributed by atoms with Crippen molar-refractivity contribution in [3.8, 4) is 28.7 Å². The van der Waals surface area contributed by atoms with E-state index in [4.69, 9.17) is 14.7 Å². The summed E-state index contributed by atoms with van der Waals surface area (Å²) in [5, 5.41) is 9.52. The number of nitrogens with zero attached hydrogens (tertiary/aromatic N) is 3. The molecule has 0 amide bonds. The molecule has 0 bridgehead atoms. The molecule has 0 saturated carbocycles. The minimum atomic E-state index is -0.522. The molecule has 10 rings (SSSR count). The Morgan fingerprint density at radius 3 is 2.00 bits per heavy atom. The van der Waals surface area contributed by atoms with Gasteiger partial charge < -0.3 is 4.74 Å². The molecule has 4 heteroatoms. The van der Waals surface area contributed by atoms with E-state index in [1.807, 2.05) is 24.3 Å². The third kappa shape index (κ3) is 4.97. The van der Waals surface area contributed by atoms with Crippen LogP contribution in [0.25, 0.3) is 16.8 Å². The Morgan fingerprint density at radius 2 is 1.30 bits per heavy atom. The number of ether oxygens (including phenoxy) is 1. The van der Waals surface area contributed by atoms with Crippen molar-refractivity contribution in [2.75, 3.05) is 0 Å². The van der Waals surface area contributed by atoms with Crippen molar-refractivity contribution in [1.29, 1.82) is 5.26 Å². The molecule has 4 nitrogen and oxygen atoms in total. The summed E-state index contributed by atoms with van der Waals surface area (Å²) in [7, 11) is 0. The van der Waals surface area contributed by atoms with Gasteiger partial charge in [0.15, 0.2) is 5.84 Å². The van der Waals surface area contributed by atoms with Gasteiger partial charge in [-0.05, 0) is 88.7 Å². The predicted molar refractivity (Wildman–Crippen MR) is 217 cm³/mol. The van der Waals surface area contributed by atoms with Crippen LogP contribution in [0.3, 0.4) is 0 Å². The third-order valence-electron chi connectivity index (χ3n) is 11.3. The molecule has 2 aliphatic heterocycles. The molecule has 0 aromatic heterocycles. The molecule has 0 fully saturated rings. The third-order valence-corrected chi connectivity index (χ3v) is 11.3. The Kier molecular flexibility index (Phi) is 7.49. The quantitative estimate of drug-likeness (QED) is 0.184. The lowest BCUT2D eigenvalue weighted by Gasteiger charge is -2.39. The highest BCUT2D eigenvalue weighted by atomic mass is 16.5. The Labute approximate surface area is 315 Å². The topological polar surface area (TPSA) is 57.7 Å². The number of para-hydroxylation sites is 1. The lowest BCUT2D eigenvalue weighted by atomic mass is 9.66. The van der Waals surface area contributed by atoms with E-state index in [1.54, 1.807) is 0 Å². The normalized spacial score (nSPS) is 17.3. The number of benzene rings is 6. The molecule has 6 aromatic rings. The zero-order valence-corrected chi connectivity index (χ0v) is 29.8. The summed E-state index contributed by atoms with van der Waals surface area (Å²) in [5.41, 5.74) is 14.5. The van der Waals surface area contributed by atoms with Crippen molar-refractivity contribution in [2.24, 2.45) is 9.98 Å². The van der Waals surface area contributed by atoms with Crippen LogP contribution in [-0.4, -0.2) is 11.5 Å². The zero-order chi connectivity index (χ0) is 36.2. The second kappa shape index (κ2) is 12.7. The van der Waals surface area contributed by atoms with Crippen LogP contribution in [0.2, 0.25) is 0 Å². The Morgan fingerprint density at radius 1 is 0.648 bits per heavy atom. The van der Waals surface area contributed by atoms with E-state index in [0.29, 0.717) is 23.7 Å². The Hall–Kier alpha value is -6.83. The van der Waals surface area contributed by atoms with E-state index in [2.05, 4.69) is 153 Å². The fourth-order valence-corrected chi connectivity index (χ4v) is 8.79. The summed E-state index contributed by atoms with van der Waals surface area (Å²) in [6.07, 6.45) is 10.4. The molecule has 2 heterocycles. The molecule has 0 radical (unpaired) electrons. The van der Waals surface area contributed by atoms with Crippen LogP contribution >= 0.6 is 0 Å². The molecule has 0 saturated heterocycles. The second-order valence-corrected chi connectivity index (χ2v) is 14.4. The van der Waals surface area contributed by atoms with Gasteiger partial charge in [-0.2, -0.15) is 5.26 Å². The van der Waals surface area contributed by atoms with Crippen molar-refractivity contribution in [2.45, 2.75) is 31.1 Å². The average molecular weight is 694 g/mol. The van der Waals surface area contributed by atoms with Gasteiger partial charge >= 0.3 is 0 Å². The van der Waals surface area contributed by atoms with Gasteiger partial charge in [-0.3, -0.25) is 0 Å². The molecular formula is C50H35N3O. The summed E-state index contributed by atoms with van der Waals surface area (Å²) in [5.74, 6) is 2.68. The maximum atomic E-state index is 9.52. The van der Waals surface area contributed by atoms with Crippen LogP contribution in [0.15, 0.2) is 179 Å². The molecule has 54 heavy (non-hydrogen) atoms. The predicted octanol–water partition coefficient (Wildman–Crippen LogP) is 11.7. The first kappa shape index (κ1) is 31.9. The largest absolute Gasteiger partial charge is 0.457 e. The number of allylic oxidation sites excluding steroid dienone is 5. The number of amidine groups is 1. The molecule has 1 unspecified atom stereocenters. The van der Waals surface area contributed by atoms with Gasteiger partial charge in [0.25, 0.3) is 0 Å². The van der Waals surface area contributed by atoms with Gasteiger partial charge in [0, 0.05) is 34.6 Å². The fraction of sp³-hybridized carbons (Fsp3) is 0.100. The minimum Gasteiger partial charge on any atom is -0.457 e. The van der Waals surface area contributed by atoms with E-state index in [1.165, 1.54) is 27.8 Å². The van der Waals surface area contributed by atoms with Crippen molar-refractivity contribution in [1.82, 2.24) is 0 Å². The molecule has 2 aliphatic carbocycles. The molecular weight excluding hydrogens is 659 g/mol. The first-order valence-corrected chi connectivity index (χ1v) is 18.5. The van der Waals surface area contributed by atoms with Crippen molar-refractivity contribution < 1.29 is 4.74 Å². The average Bonchev–Trinajstić information content (AvgIpc) is 3.40. The number of rotatable bonds is 4. The molecule has 6 aromatic carbocycles. The summed E-state index contributed by atoms with van der Waals surface area (Å²) in [6.45, 7) is 2.16. The van der Waals surface area contributed by atoms with Crippen LogP contribution in [0.5, 0.6) is 11.5 Å². The van der Waals surface area contributed by atoms with E-state index in [9.17, 15) is 5.26 Å². The highest BCUT2D eigenvalue weighted by molar-refractivity contribution is 6.15. The Balaban J connectivity index is 1.11. The van der Waals surface area contributed by atoms with E-state index in [-0.39, 0.29) is 0 Å². The highest BCUT2D eigenvalue weighted by Gasteiger charge is 2.50. The van der Waals surface area contributed by atoms with Crippen LogP contribution in [0, 0.1) is 11.3 Å². The number of fused-ring (bicyclic) bond motifs is 9. The number of hydrogen-bond donors (Lipinski definition) is 0. The summed E-state index contributed by atoms with van der Waals surface area (Å²) >= 11 is 0. The van der Waals surface area contributed by atoms with Gasteiger partial charge in [-0.15, -0.1) is 0 Å². The summed E-state index contributed by atoms with van der Waals surface area (Å²) in [6, 6.07) is 51.3. The standard InChI is InChI=1S/C50H35N3O/c1-32-29-45(36-25-23-35(24-26-36)34-11-3-2-4-12-34)52-49(37-21-19-33(31-51)20-22-37)53-48(32)38-27-28-44-47(30-38)54-46-18-10-9-17-43(46)50(44)41-15-7-5-13-39(41)40-14-6-8-16-42(40)50/h2-11,13-28,30,34H,12,29H2,1H3. The van der Waals surface area contributed by atoms with Crippen molar-refractivity contribution >= 4 is 17.2 Å². The zero-order valence-electron chi connectivity index (χ0n) is 29.8. The molecule has 1 spiro atoms. The van der Waals surface area contributed by atoms with Gasteiger partial charge in [-0.25, -0.2) is 9.98 Å². The molecule has 1 atom stereocenters. The van der Waals surface area contributed by atoms with Crippen molar-refractivity contribution in [3.63, 3.8) is 0 Å². The maximum absolute atomic E-state index is 9.52. The smallest absolute Gasteiger partial charge is 0.160 e. The molecule has 0 N–H and O–H groups in total. The number of aliphatic imine (C=N–C) groups is 2. The SMILES string of the molecule is CC1=C(c2ccc3c(c2)Oc2ccccc2C32c3ccccc3-c3ccccc32)N=C(c2ccc(C#N)cc2)N=C(c2ccc(C3C=CC=CC3)cc2)C1. The van der Waals surface area contributed by atoms with Crippen LogP contribution < -0.4 is 4.74 Å². The van der Waals surface area contributed by atoms with Gasteiger partial charge in [0.2, 0.25) is 0 Å². The van der Waals surface area contributed by atoms with Crippen LogP contribution in [0.4, 0.5) is 0 Å². The number of nitriles is 1. The maximum Gasteiger partial charge on any atom is 0.160 e. The van der Waals surface area contributed by atoms with E-state index >= 15 is 0 Å². The van der Waals surface area contributed by atoms with Crippen LogP contribution in [-0.2, 0) is 5.41 Å². The molecule has 4 aliphatic rings. The second-order valence-electron chi connectivity index (χ2n) is 14.4. The van der Waals surface area contributed by atoms with E-state index < -0.39 is 5.41 Å². The van der Waals surface area contributed by atoms with Crippen molar-refractivity contribution in [3.05, 3.63) is 219 Å². The highest BCUT2D eigenvalue weighted by Crippen LogP contribution is 2.62. The first-order valence-electron chi connectivity index (χ1n) is 18.5. The van der Waals surface area contributed by atoms with E-state index in [0.717, 1.165) is 62.7 Å². The monoisotopic (exact) mass is 693 g/mol. The van der Waals surface area contributed by atoms with Gasteiger partial charge in [-0.1, -0.05) is 127 Å². The molecule has 256 valence electrons. The summed E-state index contributed by atoms with van der Waals surface area (Å²) < 4.78 is 6.84. The lowest BCUT2D eigenvalue weighted by Crippen LogP contribution is -2.32. The summed E-state index contributed by atoms with van der Waals surface area (Å²) in [4.78, 5) is 10.6. The van der Waals surface area contributed by atoms with Crippen LogP contribution in [0.1, 0.15) is 75.8 Å². The minimum absolute atomic E-state index is 0.382. The Bertz CT molecular complexity index is 2660. The first-order chi connectivity index (χ1) is 26.6. The fourth-order valence-electron chi connectivity index (χ4n) is 8.79.